The standard InChI is InChI=1S/C21H22N2O4/c1-21(2)16(17(21)20(26)27)18(24)22-14-11-9-13(10-12-14)19(25)23(3)15-7-5-4-6-8-15/h4-12,16-17H,1-3H3,(H,22,24)(H,26,27)/t16-,17-/m0/s1. The van der Waals surface area contributed by atoms with Crippen molar-refractivity contribution in [3.8, 4) is 0 Å². The van der Waals surface area contributed by atoms with Crippen molar-refractivity contribution < 1.29 is 19.5 Å². The Kier molecular flexibility index (Phi) is 4.74. The summed E-state index contributed by atoms with van der Waals surface area (Å²) in [5, 5.41) is 11.9. The van der Waals surface area contributed by atoms with Gasteiger partial charge in [0.15, 0.2) is 0 Å². The van der Waals surface area contributed by atoms with Crippen LogP contribution in [0.25, 0.3) is 0 Å². The zero-order valence-corrected chi connectivity index (χ0v) is 15.5. The molecule has 0 aromatic heterocycles. The molecule has 6 nitrogen and oxygen atoms in total. The van der Waals surface area contributed by atoms with Crippen molar-refractivity contribution in [1.82, 2.24) is 0 Å². The second-order valence-corrected chi connectivity index (χ2v) is 7.38. The number of nitrogens with one attached hydrogen (secondary N) is 1. The second-order valence-electron chi connectivity index (χ2n) is 7.38. The molecule has 2 amide bonds. The summed E-state index contributed by atoms with van der Waals surface area (Å²) in [5.41, 5.74) is 1.26. The number of rotatable bonds is 5. The van der Waals surface area contributed by atoms with Gasteiger partial charge in [0.05, 0.1) is 11.8 Å². The van der Waals surface area contributed by atoms with Crippen molar-refractivity contribution in [2.75, 3.05) is 17.3 Å². The van der Waals surface area contributed by atoms with Gasteiger partial charge < -0.3 is 15.3 Å². The van der Waals surface area contributed by atoms with Gasteiger partial charge in [0.2, 0.25) is 5.91 Å². The normalized spacial score (nSPS) is 19.8. The predicted molar refractivity (Wildman–Crippen MR) is 103 cm³/mol. The van der Waals surface area contributed by atoms with Crippen LogP contribution in [0.3, 0.4) is 0 Å². The minimum atomic E-state index is -0.954. The summed E-state index contributed by atoms with van der Waals surface area (Å²) in [4.78, 5) is 37.7. The number of carbonyl (C=O) groups is 3. The molecule has 1 aliphatic rings. The molecule has 2 N–H and O–H groups in total. The number of aliphatic carboxylic acids is 1. The minimum absolute atomic E-state index is 0.159. The van der Waals surface area contributed by atoms with Crippen LogP contribution in [-0.4, -0.2) is 29.9 Å². The van der Waals surface area contributed by atoms with Crippen LogP contribution in [-0.2, 0) is 9.59 Å². The number of hydrogen-bond acceptors (Lipinski definition) is 3. The first-order chi connectivity index (χ1) is 12.7. The predicted octanol–water partition coefficient (Wildman–Crippen LogP) is 3.26. The van der Waals surface area contributed by atoms with Crippen LogP contribution >= 0.6 is 0 Å². The topological polar surface area (TPSA) is 86.7 Å². The van der Waals surface area contributed by atoms with E-state index in [0.29, 0.717) is 11.3 Å². The highest BCUT2D eigenvalue weighted by Gasteiger charge is 2.65. The van der Waals surface area contributed by atoms with Gasteiger partial charge in [-0.15, -0.1) is 0 Å². The number of amides is 2. The largest absolute Gasteiger partial charge is 0.481 e. The number of nitrogens with zero attached hydrogens (tertiary/aromatic N) is 1. The lowest BCUT2D eigenvalue weighted by molar-refractivity contribution is -0.140. The van der Waals surface area contributed by atoms with Crippen LogP contribution in [0.15, 0.2) is 54.6 Å². The van der Waals surface area contributed by atoms with Crippen LogP contribution in [0.5, 0.6) is 0 Å². The van der Waals surface area contributed by atoms with Crippen LogP contribution < -0.4 is 10.2 Å². The zero-order chi connectivity index (χ0) is 19.8. The van der Waals surface area contributed by atoms with Crippen LogP contribution in [0, 0.1) is 17.3 Å². The monoisotopic (exact) mass is 366 g/mol. The number of benzene rings is 2. The molecule has 0 bridgehead atoms. The molecule has 2 aromatic rings. The summed E-state index contributed by atoms with van der Waals surface area (Å²) in [6, 6.07) is 15.9. The highest BCUT2D eigenvalue weighted by Crippen LogP contribution is 2.58. The molecule has 1 fully saturated rings. The van der Waals surface area contributed by atoms with Gasteiger partial charge in [0, 0.05) is 24.0 Å². The number of carboxylic acids is 1. The van der Waals surface area contributed by atoms with Gasteiger partial charge in [-0.2, -0.15) is 0 Å². The molecule has 27 heavy (non-hydrogen) atoms. The third kappa shape index (κ3) is 3.56. The van der Waals surface area contributed by atoms with E-state index in [1.165, 1.54) is 0 Å². The van der Waals surface area contributed by atoms with E-state index < -0.39 is 23.2 Å². The Morgan fingerprint density at radius 2 is 1.56 bits per heavy atom. The maximum atomic E-state index is 12.6. The average molecular weight is 366 g/mol. The molecular weight excluding hydrogens is 344 g/mol. The highest BCUT2D eigenvalue weighted by atomic mass is 16.4. The van der Waals surface area contributed by atoms with Gasteiger partial charge in [-0.25, -0.2) is 0 Å². The van der Waals surface area contributed by atoms with Crippen molar-refractivity contribution in [3.05, 3.63) is 60.2 Å². The Bertz CT molecular complexity index is 875. The van der Waals surface area contributed by atoms with E-state index in [4.69, 9.17) is 0 Å². The fourth-order valence-corrected chi connectivity index (χ4v) is 3.47. The summed E-state index contributed by atoms with van der Waals surface area (Å²) in [6.45, 7) is 3.55. The smallest absolute Gasteiger partial charge is 0.307 e. The molecular formula is C21H22N2O4. The molecule has 0 saturated heterocycles. The van der Waals surface area contributed by atoms with Crippen molar-refractivity contribution in [3.63, 3.8) is 0 Å². The molecule has 0 aliphatic heterocycles. The van der Waals surface area contributed by atoms with Gasteiger partial charge in [-0.05, 0) is 41.8 Å². The zero-order valence-electron chi connectivity index (χ0n) is 15.5. The second kappa shape index (κ2) is 6.87. The summed E-state index contributed by atoms with van der Waals surface area (Å²) in [6.07, 6.45) is 0. The fraction of sp³-hybridized carbons (Fsp3) is 0.286. The Morgan fingerprint density at radius 3 is 2.07 bits per heavy atom. The van der Waals surface area contributed by atoms with Gasteiger partial charge in [0.25, 0.3) is 5.91 Å². The molecule has 6 heteroatoms. The van der Waals surface area contributed by atoms with Gasteiger partial charge in [-0.3, -0.25) is 14.4 Å². The van der Waals surface area contributed by atoms with E-state index in [9.17, 15) is 19.5 Å². The maximum Gasteiger partial charge on any atom is 0.307 e. The molecule has 0 unspecified atom stereocenters. The number of carbonyl (C=O) groups excluding carboxylic acids is 2. The van der Waals surface area contributed by atoms with E-state index in [0.717, 1.165) is 5.69 Å². The lowest BCUT2D eigenvalue weighted by Crippen LogP contribution is -2.26. The summed E-state index contributed by atoms with van der Waals surface area (Å²) in [7, 11) is 1.70. The van der Waals surface area contributed by atoms with E-state index in [-0.39, 0.29) is 11.8 Å². The van der Waals surface area contributed by atoms with Crippen molar-refractivity contribution in [2.24, 2.45) is 17.3 Å². The van der Waals surface area contributed by atoms with Crippen molar-refractivity contribution in [2.45, 2.75) is 13.8 Å². The Labute approximate surface area is 157 Å². The number of hydrogen-bond donors (Lipinski definition) is 2. The maximum absolute atomic E-state index is 12.6. The lowest BCUT2D eigenvalue weighted by atomic mass is 10.1. The molecule has 0 heterocycles. The van der Waals surface area contributed by atoms with Crippen LogP contribution in [0.1, 0.15) is 24.2 Å². The molecule has 2 atom stereocenters. The molecule has 1 saturated carbocycles. The molecule has 0 spiro atoms. The van der Waals surface area contributed by atoms with Gasteiger partial charge >= 0.3 is 5.97 Å². The molecule has 3 rings (SSSR count). The Hall–Kier alpha value is -3.15. The minimum Gasteiger partial charge on any atom is -0.481 e. The molecule has 0 radical (unpaired) electrons. The summed E-state index contributed by atoms with van der Waals surface area (Å²) in [5.74, 6) is -2.65. The van der Waals surface area contributed by atoms with E-state index >= 15 is 0 Å². The number of carboxylic acid groups (broad SMARTS) is 1. The fourth-order valence-electron chi connectivity index (χ4n) is 3.47. The van der Waals surface area contributed by atoms with Crippen LogP contribution in [0.4, 0.5) is 11.4 Å². The van der Waals surface area contributed by atoms with E-state index in [1.807, 2.05) is 30.3 Å². The van der Waals surface area contributed by atoms with Gasteiger partial charge in [0.1, 0.15) is 0 Å². The molecule has 2 aromatic carbocycles. The Balaban J connectivity index is 1.66. The molecule has 1 aliphatic carbocycles. The van der Waals surface area contributed by atoms with Gasteiger partial charge in [-0.1, -0.05) is 32.0 Å². The third-order valence-electron chi connectivity index (χ3n) is 5.22. The van der Waals surface area contributed by atoms with Crippen molar-refractivity contribution >= 4 is 29.2 Å². The van der Waals surface area contributed by atoms with Crippen molar-refractivity contribution in [1.29, 1.82) is 0 Å². The first-order valence-electron chi connectivity index (χ1n) is 8.70. The molecule has 140 valence electrons. The number of anilines is 2. The SMILES string of the molecule is CN(C(=O)c1ccc(NC(=O)[C@@H]2[C@@H](C(=O)O)C2(C)C)cc1)c1ccccc1. The summed E-state index contributed by atoms with van der Waals surface area (Å²) >= 11 is 0. The first-order valence-corrected chi connectivity index (χ1v) is 8.70. The summed E-state index contributed by atoms with van der Waals surface area (Å²) < 4.78 is 0. The lowest BCUT2D eigenvalue weighted by Gasteiger charge is -2.17. The quantitative estimate of drug-likeness (QED) is 0.850. The van der Waals surface area contributed by atoms with E-state index in [1.54, 1.807) is 50.1 Å². The number of para-hydroxylation sites is 1. The van der Waals surface area contributed by atoms with Crippen LogP contribution in [0.2, 0.25) is 0 Å². The first kappa shape index (κ1) is 18.6. The third-order valence-corrected chi connectivity index (χ3v) is 5.22. The highest BCUT2D eigenvalue weighted by molar-refractivity contribution is 6.06. The van der Waals surface area contributed by atoms with E-state index in [2.05, 4.69) is 5.32 Å². The Morgan fingerprint density at radius 1 is 0.963 bits per heavy atom. The average Bonchev–Trinajstić information content (AvgIpc) is 3.24.